The summed E-state index contributed by atoms with van der Waals surface area (Å²) in [4.78, 5) is 18.6. The number of fused-ring (bicyclic) bond motifs is 1. The molecule has 3 aromatic rings. The Labute approximate surface area is 128 Å². The van der Waals surface area contributed by atoms with Gasteiger partial charge >= 0.3 is 5.63 Å². The first-order chi connectivity index (χ1) is 10.8. The Morgan fingerprint density at radius 3 is 2.55 bits per heavy atom. The predicted molar refractivity (Wildman–Crippen MR) is 87.2 cm³/mol. The molecule has 3 heterocycles. The number of hydrogen-bond acceptors (Lipinski definition) is 4. The standard InChI is InChI=1S/C18H16N2O2/c21-18-16(13-5-7-19-8-6-13)11-14-3-4-15(12-17(14)22-18)20-9-1-2-10-20/h3-8,11-12H,1-2,9-10H2. The van der Waals surface area contributed by atoms with Gasteiger partial charge in [0.15, 0.2) is 0 Å². The summed E-state index contributed by atoms with van der Waals surface area (Å²) in [6.07, 6.45) is 5.80. The third-order valence-corrected chi connectivity index (χ3v) is 4.18. The average molecular weight is 292 g/mol. The molecule has 0 N–H and O–H groups in total. The molecule has 110 valence electrons. The van der Waals surface area contributed by atoms with Crippen molar-refractivity contribution in [1.29, 1.82) is 0 Å². The minimum atomic E-state index is -0.308. The van der Waals surface area contributed by atoms with Crippen molar-refractivity contribution < 1.29 is 4.42 Å². The zero-order chi connectivity index (χ0) is 14.9. The predicted octanol–water partition coefficient (Wildman–Crippen LogP) is 3.46. The van der Waals surface area contributed by atoms with Gasteiger partial charge in [0.25, 0.3) is 0 Å². The van der Waals surface area contributed by atoms with Crippen LogP contribution >= 0.6 is 0 Å². The monoisotopic (exact) mass is 292 g/mol. The van der Waals surface area contributed by atoms with E-state index < -0.39 is 0 Å². The van der Waals surface area contributed by atoms with Gasteiger partial charge in [-0.15, -0.1) is 0 Å². The van der Waals surface area contributed by atoms with E-state index in [4.69, 9.17) is 4.42 Å². The lowest BCUT2D eigenvalue weighted by Crippen LogP contribution is -2.17. The molecule has 1 aliphatic rings. The number of rotatable bonds is 2. The molecule has 0 unspecified atom stereocenters. The van der Waals surface area contributed by atoms with Crippen LogP contribution in [0.15, 0.2) is 58.0 Å². The van der Waals surface area contributed by atoms with Crippen molar-refractivity contribution in [2.24, 2.45) is 0 Å². The van der Waals surface area contributed by atoms with Crippen molar-refractivity contribution in [3.05, 3.63) is 59.2 Å². The number of pyridine rings is 1. The van der Waals surface area contributed by atoms with E-state index in [1.54, 1.807) is 12.4 Å². The van der Waals surface area contributed by atoms with Gasteiger partial charge in [-0.25, -0.2) is 4.79 Å². The molecule has 0 atom stereocenters. The molecule has 1 fully saturated rings. The Morgan fingerprint density at radius 1 is 1.00 bits per heavy atom. The van der Waals surface area contributed by atoms with Crippen LogP contribution in [0.5, 0.6) is 0 Å². The van der Waals surface area contributed by atoms with Crippen molar-refractivity contribution in [1.82, 2.24) is 4.98 Å². The van der Waals surface area contributed by atoms with E-state index in [9.17, 15) is 4.79 Å². The van der Waals surface area contributed by atoms with Crippen LogP contribution in [0.2, 0.25) is 0 Å². The third-order valence-electron chi connectivity index (χ3n) is 4.18. The first-order valence-electron chi connectivity index (χ1n) is 7.54. The van der Waals surface area contributed by atoms with E-state index in [-0.39, 0.29) is 5.63 Å². The Bertz CT molecular complexity index is 865. The Kier molecular flexibility index (Phi) is 3.15. The largest absolute Gasteiger partial charge is 0.422 e. The number of anilines is 1. The summed E-state index contributed by atoms with van der Waals surface area (Å²) in [6, 6.07) is 11.6. The van der Waals surface area contributed by atoms with Crippen LogP contribution < -0.4 is 10.5 Å². The van der Waals surface area contributed by atoms with Crippen molar-refractivity contribution in [3.63, 3.8) is 0 Å². The molecule has 0 spiro atoms. The van der Waals surface area contributed by atoms with Crippen molar-refractivity contribution in [2.75, 3.05) is 18.0 Å². The molecule has 0 aliphatic carbocycles. The van der Waals surface area contributed by atoms with Crippen LogP contribution in [0.25, 0.3) is 22.1 Å². The molecule has 0 bridgehead atoms. The molecular formula is C18H16N2O2. The highest BCUT2D eigenvalue weighted by molar-refractivity contribution is 5.84. The van der Waals surface area contributed by atoms with E-state index >= 15 is 0 Å². The topological polar surface area (TPSA) is 46.3 Å². The molecule has 22 heavy (non-hydrogen) atoms. The average Bonchev–Trinajstić information content (AvgIpc) is 3.09. The summed E-state index contributed by atoms with van der Waals surface area (Å²) < 4.78 is 5.54. The Morgan fingerprint density at radius 2 is 1.77 bits per heavy atom. The summed E-state index contributed by atoms with van der Waals surface area (Å²) >= 11 is 0. The van der Waals surface area contributed by atoms with E-state index in [1.807, 2.05) is 30.3 Å². The fourth-order valence-electron chi connectivity index (χ4n) is 3.00. The van der Waals surface area contributed by atoms with E-state index in [0.29, 0.717) is 11.1 Å². The summed E-state index contributed by atoms with van der Waals surface area (Å²) in [6.45, 7) is 2.15. The van der Waals surface area contributed by atoms with Crippen LogP contribution in [0.3, 0.4) is 0 Å². The molecule has 0 amide bonds. The highest BCUT2D eigenvalue weighted by Crippen LogP contribution is 2.26. The fraction of sp³-hybridized carbons (Fsp3) is 0.222. The molecule has 4 rings (SSSR count). The number of benzene rings is 1. The molecule has 2 aromatic heterocycles. The highest BCUT2D eigenvalue weighted by Gasteiger charge is 2.14. The first-order valence-corrected chi connectivity index (χ1v) is 7.54. The second kappa shape index (κ2) is 5.30. The lowest BCUT2D eigenvalue weighted by atomic mass is 10.1. The van der Waals surface area contributed by atoms with E-state index in [2.05, 4.69) is 16.0 Å². The number of aromatic nitrogens is 1. The molecule has 1 aromatic carbocycles. The van der Waals surface area contributed by atoms with Crippen molar-refractivity contribution in [3.8, 4) is 11.1 Å². The third kappa shape index (κ3) is 2.26. The summed E-state index contributed by atoms with van der Waals surface area (Å²) in [5.74, 6) is 0. The van der Waals surface area contributed by atoms with Gasteiger partial charge < -0.3 is 9.32 Å². The lowest BCUT2D eigenvalue weighted by molar-refractivity contribution is 0.563. The molecular weight excluding hydrogens is 276 g/mol. The number of hydrogen-bond donors (Lipinski definition) is 0. The van der Waals surface area contributed by atoms with Crippen LogP contribution in [-0.2, 0) is 0 Å². The van der Waals surface area contributed by atoms with Crippen LogP contribution in [-0.4, -0.2) is 18.1 Å². The maximum Gasteiger partial charge on any atom is 0.344 e. The lowest BCUT2D eigenvalue weighted by Gasteiger charge is -2.17. The second-order valence-corrected chi connectivity index (χ2v) is 5.60. The summed E-state index contributed by atoms with van der Waals surface area (Å²) in [5.41, 5.74) is 2.87. The minimum Gasteiger partial charge on any atom is -0.422 e. The molecule has 4 nitrogen and oxygen atoms in total. The van der Waals surface area contributed by atoms with Gasteiger partial charge in [-0.3, -0.25) is 4.98 Å². The Hall–Kier alpha value is -2.62. The van der Waals surface area contributed by atoms with Crippen molar-refractivity contribution >= 4 is 16.7 Å². The van der Waals surface area contributed by atoms with Crippen LogP contribution in [0.4, 0.5) is 5.69 Å². The van der Waals surface area contributed by atoms with E-state index in [1.165, 1.54) is 12.8 Å². The SMILES string of the molecule is O=c1oc2cc(N3CCCC3)ccc2cc1-c1ccncc1. The Balaban J connectivity index is 1.82. The molecule has 1 saturated heterocycles. The van der Waals surface area contributed by atoms with Gasteiger partial charge in [0.05, 0.1) is 5.56 Å². The molecule has 0 radical (unpaired) electrons. The minimum absolute atomic E-state index is 0.308. The molecule has 0 saturated carbocycles. The zero-order valence-corrected chi connectivity index (χ0v) is 12.2. The zero-order valence-electron chi connectivity index (χ0n) is 12.2. The maximum atomic E-state index is 12.3. The summed E-state index contributed by atoms with van der Waals surface area (Å²) in [7, 11) is 0. The van der Waals surface area contributed by atoms with Gasteiger partial charge in [0.1, 0.15) is 5.58 Å². The quantitative estimate of drug-likeness (QED) is 0.679. The molecule has 1 aliphatic heterocycles. The molecule has 4 heteroatoms. The fourth-order valence-corrected chi connectivity index (χ4v) is 3.00. The smallest absolute Gasteiger partial charge is 0.344 e. The number of nitrogens with zero attached hydrogens (tertiary/aromatic N) is 2. The first kappa shape index (κ1) is 13.1. The maximum absolute atomic E-state index is 12.3. The van der Waals surface area contributed by atoms with Gasteiger partial charge in [-0.1, -0.05) is 0 Å². The van der Waals surface area contributed by atoms with Gasteiger partial charge in [-0.2, -0.15) is 0 Å². The summed E-state index contributed by atoms with van der Waals surface area (Å²) in [5, 5.41) is 0.939. The normalized spacial score (nSPS) is 14.6. The van der Waals surface area contributed by atoms with Gasteiger partial charge in [0, 0.05) is 42.6 Å². The van der Waals surface area contributed by atoms with Crippen LogP contribution in [0, 0.1) is 0 Å². The van der Waals surface area contributed by atoms with Crippen LogP contribution in [0.1, 0.15) is 12.8 Å². The van der Waals surface area contributed by atoms with Crippen molar-refractivity contribution in [2.45, 2.75) is 12.8 Å². The van der Waals surface area contributed by atoms with Gasteiger partial charge in [-0.05, 0) is 48.7 Å². The second-order valence-electron chi connectivity index (χ2n) is 5.60. The van der Waals surface area contributed by atoms with E-state index in [0.717, 1.165) is 29.7 Å². The van der Waals surface area contributed by atoms with Gasteiger partial charge in [0.2, 0.25) is 0 Å². The highest BCUT2D eigenvalue weighted by atomic mass is 16.4.